The highest BCUT2D eigenvalue weighted by molar-refractivity contribution is 7.20. The lowest BCUT2D eigenvalue weighted by Crippen LogP contribution is -2.25. The van der Waals surface area contributed by atoms with Gasteiger partial charge in [0.25, 0.3) is 0 Å². The third-order valence-electron chi connectivity index (χ3n) is 6.76. The first-order chi connectivity index (χ1) is 16.6. The summed E-state index contributed by atoms with van der Waals surface area (Å²) in [7, 11) is 1.65. The maximum atomic E-state index is 12.9. The van der Waals surface area contributed by atoms with E-state index in [9.17, 15) is 4.79 Å². The molecule has 1 aliphatic heterocycles. The highest BCUT2D eigenvalue weighted by Crippen LogP contribution is 2.44. The summed E-state index contributed by atoms with van der Waals surface area (Å²) >= 11 is 1.52. The Morgan fingerprint density at radius 1 is 1.15 bits per heavy atom. The highest BCUT2D eigenvalue weighted by atomic mass is 32.1. The van der Waals surface area contributed by atoms with Crippen LogP contribution in [-0.4, -0.2) is 33.9 Å². The first-order valence-corrected chi connectivity index (χ1v) is 12.5. The number of hydrogen-bond donors (Lipinski definition) is 1. The minimum absolute atomic E-state index is 0.0305. The molecule has 34 heavy (non-hydrogen) atoms. The van der Waals surface area contributed by atoms with E-state index in [1.807, 2.05) is 43.3 Å². The average Bonchev–Trinajstić information content (AvgIpc) is 3.57. The third-order valence-corrected chi connectivity index (χ3v) is 7.75. The van der Waals surface area contributed by atoms with Gasteiger partial charge in [0.15, 0.2) is 0 Å². The van der Waals surface area contributed by atoms with E-state index in [-0.39, 0.29) is 17.9 Å². The standard InChI is InChI=1S/C26H26N4O3S/c1-15-24-19(18-9-5-6-10-21(18)33-16-7-3-4-8-16)14-23(31)28-25(24)30(29-15)26-27-20-12-11-17(32-2)13-22(20)34-26/h5-6,9-13,16,19H,3-4,7-8,14H2,1-2H3,(H,28,31). The zero-order valence-corrected chi connectivity index (χ0v) is 20.0. The lowest BCUT2D eigenvalue weighted by Gasteiger charge is -2.26. The van der Waals surface area contributed by atoms with Crippen LogP contribution in [0.3, 0.4) is 0 Å². The Morgan fingerprint density at radius 3 is 2.79 bits per heavy atom. The molecule has 1 amide bonds. The van der Waals surface area contributed by atoms with Crippen LogP contribution in [0, 0.1) is 6.92 Å². The summed E-state index contributed by atoms with van der Waals surface area (Å²) in [5.41, 5.74) is 3.82. The number of hydrogen-bond acceptors (Lipinski definition) is 6. The fraction of sp³-hybridized carbons (Fsp3) is 0.346. The van der Waals surface area contributed by atoms with Gasteiger partial charge in [-0.25, -0.2) is 4.98 Å². The normalized spacial score (nSPS) is 18.2. The summed E-state index contributed by atoms with van der Waals surface area (Å²) in [4.78, 5) is 17.7. The third kappa shape index (κ3) is 3.62. The van der Waals surface area contributed by atoms with Crippen molar-refractivity contribution >= 4 is 33.3 Å². The number of benzene rings is 2. The van der Waals surface area contributed by atoms with E-state index in [1.165, 1.54) is 24.2 Å². The molecule has 2 aromatic carbocycles. The SMILES string of the molecule is COc1ccc2nc(-n3nc(C)c4c3NC(=O)CC4c3ccccc3OC3CCCC3)sc2c1. The second-order valence-electron chi connectivity index (χ2n) is 8.96. The number of fused-ring (bicyclic) bond motifs is 2. The van der Waals surface area contributed by atoms with Crippen molar-refractivity contribution < 1.29 is 14.3 Å². The fourth-order valence-electron chi connectivity index (χ4n) is 5.12. The van der Waals surface area contributed by atoms with Crippen molar-refractivity contribution in [3.8, 4) is 16.6 Å². The summed E-state index contributed by atoms with van der Waals surface area (Å²) in [5, 5.41) is 8.60. The number of thiazole rings is 1. The summed E-state index contributed by atoms with van der Waals surface area (Å²) in [6, 6.07) is 13.9. The molecule has 6 rings (SSSR count). The number of aryl methyl sites for hydroxylation is 1. The van der Waals surface area contributed by atoms with Gasteiger partial charge >= 0.3 is 0 Å². The first-order valence-electron chi connectivity index (χ1n) is 11.7. The van der Waals surface area contributed by atoms with Gasteiger partial charge in [-0.1, -0.05) is 29.5 Å². The zero-order valence-electron chi connectivity index (χ0n) is 19.2. The molecular weight excluding hydrogens is 448 g/mol. The molecule has 8 heteroatoms. The Kier molecular flexibility index (Phi) is 5.25. The number of rotatable bonds is 5. The van der Waals surface area contributed by atoms with Gasteiger partial charge < -0.3 is 14.8 Å². The van der Waals surface area contributed by atoms with Crippen molar-refractivity contribution in [2.75, 3.05) is 12.4 Å². The number of para-hydroxylation sites is 1. The molecule has 0 bridgehead atoms. The predicted octanol–water partition coefficient (Wildman–Crippen LogP) is 5.59. The number of amides is 1. The van der Waals surface area contributed by atoms with E-state index in [2.05, 4.69) is 11.4 Å². The number of anilines is 1. The maximum absolute atomic E-state index is 12.9. The molecule has 1 aliphatic carbocycles. The van der Waals surface area contributed by atoms with Crippen molar-refractivity contribution in [1.29, 1.82) is 0 Å². The Bertz CT molecular complexity index is 1390. The monoisotopic (exact) mass is 474 g/mol. The molecule has 1 atom stereocenters. The van der Waals surface area contributed by atoms with Crippen LogP contribution in [0.1, 0.15) is 54.8 Å². The largest absolute Gasteiger partial charge is 0.497 e. The molecule has 2 aromatic heterocycles. The average molecular weight is 475 g/mol. The van der Waals surface area contributed by atoms with Crippen LogP contribution >= 0.6 is 11.3 Å². The number of nitrogens with one attached hydrogen (secondary N) is 1. The molecule has 2 aliphatic rings. The van der Waals surface area contributed by atoms with Crippen molar-refractivity contribution in [3.05, 3.63) is 59.3 Å². The molecule has 0 saturated heterocycles. The first kappa shape index (κ1) is 21.2. The smallest absolute Gasteiger partial charge is 0.226 e. The van der Waals surface area contributed by atoms with Crippen LogP contribution in [0.2, 0.25) is 0 Å². The van der Waals surface area contributed by atoms with E-state index < -0.39 is 0 Å². The van der Waals surface area contributed by atoms with Gasteiger partial charge in [-0.3, -0.25) is 4.79 Å². The van der Waals surface area contributed by atoms with Gasteiger partial charge in [0.1, 0.15) is 17.3 Å². The van der Waals surface area contributed by atoms with Crippen LogP contribution in [0.15, 0.2) is 42.5 Å². The van der Waals surface area contributed by atoms with Crippen LogP contribution in [0.5, 0.6) is 11.5 Å². The summed E-state index contributed by atoms with van der Waals surface area (Å²) < 4.78 is 14.6. The van der Waals surface area contributed by atoms with Crippen molar-refractivity contribution in [2.24, 2.45) is 0 Å². The fourth-order valence-corrected chi connectivity index (χ4v) is 6.08. The number of nitrogens with zero attached hydrogens (tertiary/aromatic N) is 3. The van der Waals surface area contributed by atoms with E-state index in [0.29, 0.717) is 17.4 Å². The van der Waals surface area contributed by atoms with E-state index in [1.54, 1.807) is 11.8 Å². The molecule has 0 spiro atoms. The van der Waals surface area contributed by atoms with E-state index >= 15 is 0 Å². The quantitative estimate of drug-likeness (QED) is 0.408. The number of ether oxygens (including phenoxy) is 2. The number of carbonyl (C=O) groups is 1. The Balaban J connectivity index is 1.43. The number of aromatic nitrogens is 3. The molecular formula is C26H26N4O3S. The summed E-state index contributed by atoms with van der Waals surface area (Å²) in [5.74, 6) is 2.20. The highest BCUT2D eigenvalue weighted by Gasteiger charge is 2.35. The molecule has 0 radical (unpaired) electrons. The van der Waals surface area contributed by atoms with Gasteiger partial charge in [-0.15, -0.1) is 0 Å². The number of methoxy groups -OCH3 is 1. The number of carbonyl (C=O) groups excluding carboxylic acids is 1. The predicted molar refractivity (Wildman–Crippen MR) is 132 cm³/mol. The Morgan fingerprint density at radius 2 is 1.97 bits per heavy atom. The second kappa shape index (κ2) is 8.43. The molecule has 1 fully saturated rings. The minimum Gasteiger partial charge on any atom is -0.497 e. The van der Waals surface area contributed by atoms with E-state index in [4.69, 9.17) is 19.6 Å². The van der Waals surface area contributed by atoms with Crippen LogP contribution in [-0.2, 0) is 4.79 Å². The van der Waals surface area contributed by atoms with E-state index in [0.717, 1.165) is 51.4 Å². The minimum atomic E-state index is -0.121. The van der Waals surface area contributed by atoms with Crippen molar-refractivity contribution in [3.63, 3.8) is 0 Å². The summed E-state index contributed by atoms with van der Waals surface area (Å²) in [6.07, 6.45) is 5.21. The zero-order chi connectivity index (χ0) is 23.2. The van der Waals surface area contributed by atoms with Gasteiger partial charge in [-0.05, 0) is 56.9 Å². The molecule has 1 N–H and O–H groups in total. The van der Waals surface area contributed by atoms with Gasteiger partial charge in [0.05, 0.1) is 29.1 Å². The van der Waals surface area contributed by atoms with Crippen LogP contribution in [0.4, 0.5) is 5.82 Å². The lowest BCUT2D eigenvalue weighted by molar-refractivity contribution is -0.116. The Labute approximate surface area is 201 Å². The molecule has 174 valence electrons. The molecule has 1 unspecified atom stereocenters. The van der Waals surface area contributed by atoms with Crippen LogP contribution in [0.25, 0.3) is 15.3 Å². The topological polar surface area (TPSA) is 78.3 Å². The molecule has 3 heterocycles. The maximum Gasteiger partial charge on any atom is 0.226 e. The molecule has 4 aromatic rings. The van der Waals surface area contributed by atoms with Gasteiger partial charge in [0.2, 0.25) is 11.0 Å². The lowest BCUT2D eigenvalue weighted by atomic mass is 9.85. The van der Waals surface area contributed by atoms with Crippen molar-refractivity contribution in [2.45, 2.75) is 51.0 Å². The Hall–Kier alpha value is -3.39. The summed E-state index contributed by atoms with van der Waals surface area (Å²) in [6.45, 7) is 2.00. The van der Waals surface area contributed by atoms with Gasteiger partial charge in [0, 0.05) is 23.5 Å². The second-order valence-corrected chi connectivity index (χ2v) is 9.97. The van der Waals surface area contributed by atoms with Gasteiger partial charge in [-0.2, -0.15) is 9.78 Å². The molecule has 1 saturated carbocycles. The molecule has 7 nitrogen and oxygen atoms in total. The van der Waals surface area contributed by atoms with Crippen molar-refractivity contribution in [1.82, 2.24) is 14.8 Å². The van der Waals surface area contributed by atoms with Crippen LogP contribution < -0.4 is 14.8 Å².